The van der Waals surface area contributed by atoms with Gasteiger partial charge in [0.1, 0.15) is 10.6 Å². The Bertz CT molecular complexity index is 1370. The summed E-state index contributed by atoms with van der Waals surface area (Å²) >= 11 is 10.1. The third-order valence-electron chi connectivity index (χ3n) is 4.62. The van der Waals surface area contributed by atoms with E-state index in [0.717, 1.165) is 21.8 Å². The normalized spacial score (nSPS) is 15.3. The van der Waals surface area contributed by atoms with Gasteiger partial charge in [-0.3, -0.25) is 14.5 Å². The Hall–Kier alpha value is -2.59. The van der Waals surface area contributed by atoms with E-state index < -0.39 is 16.0 Å². The summed E-state index contributed by atoms with van der Waals surface area (Å²) in [6.45, 7) is 0.145. The van der Waals surface area contributed by atoms with Crippen molar-refractivity contribution in [3.63, 3.8) is 0 Å². The minimum Gasteiger partial charge on any atom is -0.379 e. The Labute approximate surface area is 208 Å². The van der Waals surface area contributed by atoms with Crippen molar-refractivity contribution in [1.82, 2.24) is 4.90 Å². The van der Waals surface area contributed by atoms with Crippen molar-refractivity contribution in [2.45, 2.75) is 11.4 Å². The number of halogens is 2. The van der Waals surface area contributed by atoms with Gasteiger partial charge in [-0.2, -0.15) is 8.42 Å². The van der Waals surface area contributed by atoms with E-state index in [1.54, 1.807) is 12.1 Å². The van der Waals surface area contributed by atoms with Gasteiger partial charge in [-0.1, -0.05) is 57.9 Å². The summed E-state index contributed by atoms with van der Waals surface area (Å²) in [6.07, 6.45) is 1.53. The van der Waals surface area contributed by atoms with E-state index in [9.17, 15) is 18.0 Å². The summed E-state index contributed by atoms with van der Waals surface area (Å²) in [7, 11) is -4.06. The summed E-state index contributed by atoms with van der Waals surface area (Å²) in [4.78, 5) is 26.6. The molecule has 0 spiro atoms. The number of benzene rings is 3. The molecule has 0 aromatic heterocycles. The Morgan fingerprint density at radius 3 is 2.45 bits per heavy atom. The standard InChI is InChI=1S/C23H15BrClNO5S2/c24-20-7-2-1-5-16(20)14-26-22(27)21(32-23(26)28)13-15-4-3-6-18(12-15)31-33(29,30)19-10-8-17(25)9-11-19/h1-13H,14H2/b21-13-. The third-order valence-corrected chi connectivity index (χ3v) is 7.82. The molecule has 0 N–H and O–H groups in total. The minimum atomic E-state index is -4.06. The molecule has 2 amide bonds. The number of amides is 2. The number of imide groups is 1. The molecule has 0 bridgehead atoms. The fraction of sp³-hybridized carbons (Fsp3) is 0.0435. The van der Waals surface area contributed by atoms with Crippen molar-refractivity contribution in [3.8, 4) is 5.75 Å². The van der Waals surface area contributed by atoms with Gasteiger partial charge in [0, 0.05) is 9.50 Å². The largest absolute Gasteiger partial charge is 0.379 e. The zero-order valence-corrected chi connectivity index (χ0v) is 20.7. The smallest absolute Gasteiger partial charge is 0.339 e. The van der Waals surface area contributed by atoms with Crippen LogP contribution in [0.3, 0.4) is 0 Å². The lowest BCUT2D eigenvalue weighted by Gasteiger charge is -2.13. The average molecular weight is 565 g/mol. The average Bonchev–Trinajstić information content (AvgIpc) is 3.03. The highest BCUT2D eigenvalue weighted by Crippen LogP contribution is 2.34. The van der Waals surface area contributed by atoms with E-state index >= 15 is 0 Å². The first-order valence-corrected chi connectivity index (χ1v) is 12.9. The summed E-state index contributed by atoms with van der Waals surface area (Å²) in [5, 5.41) is 0.0317. The second kappa shape index (κ2) is 9.72. The first kappa shape index (κ1) is 23.6. The van der Waals surface area contributed by atoms with Gasteiger partial charge in [-0.25, -0.2) is 0 Å². The van der Waals surface area contributed by atoms with Crippen LogP contribution in [0.15, 0.2) is 87.1 Å². The molecule has 0 saturated carbocycles. The van der Waals surface area contributed by atoms with E-state index in [0.29, 0.717) is 10.6 Å². The van der Waals surface area contributed by atoms with Crippen LogP contribution in [0.5, 0.6) is 5.75 Å². The van der Waals surface area contributed by atoms with Crippen molar-refractivity contribution in [1.29, 1.82) is 0 Å². The molecule has 1 saturated heterocycles. The predicted octanol–water partition coefficient (Wildman–Crippen LogP) is 6.11. The van der Waals surface area contributed by atoms with Crippen molar-refractivity contribution in [2.75, 3.05) is 0 Å². The lowest BCUT2D eigenvalue weighted by molar-refractivity contribution is -0.123. The molecule has 33 heavy (non-hydrogen) atoms. The molecule has 168 valence electrons. The minimum absolute atomic E-state index is 0.0366. The number of hydrogen-bond acceptors (Lipinski definition) is 6. The molecule has 4 rings (SSSR count). The zero-order valence-electron chi connectivity index (χ0n) is 16.8. The van der Waals surface area contributed by atoms with Crippen LogP contribution in [-0.2, 0) is 21.5 Å². The number of carbonyl (C=O) groups excluding carboxylic acids is 2. The molecule has 1 aliphatic rings. The molecule has 1 heterocycles. The maximum Gasteiger partial charge on any atom is 0.339 e. The van der Waals surface area contributed by atoms with Crippen LogP contribution in [0.1, 0.15) is 11.1 Å². The topological polar surface area (TPSA) is 80.8 Å². The highest BCUT2D eigenvalue weighted by atomic mass is 79.9. The SMILES string of the molecule is O=C1S/C(=C\c2cccc(OS(=O)(=O)c3ccc(Cl)cc3)c2)C(=O)N1Cc1ccccc1Br. The molecule has 0 atom stereocenters. The lowest BCUT2D eigenvalue weighted by Crippen LogP contribution is -2.27. The van der Waals surface area contributed by atoms with Crippen molar-refractivity contribution in [2.24, 2.45) is 0 Å². The summed E-state index contributed by atoms with van der Waals surface area (Å²) in [6, 6.07) is 19.2. The van der Waals surface area contributed by atoms with Crippen LogP contribution >= 0.6 is 39.3 Å². The van der Waals surface area contributed by atoms with Gasteiger partial charge in [-0.15, -0.1) is 0 Å². The predicted molar refractivity (Wildman–Crippen MR) is 131 cm³/mol. The summed E-state index contributed by atoms with van der Waals surface area (Å²) in [5.41, 5.74) is 1.33. The summed E-state index contributed by atoms with van der Waals surface area (Å²) < 4.78 is 31.1. The molecule has 0 radical (unpaired) electrons. The second-order valence-electron chi connectivity index (χ2n) is 6.92. The maximum absolute atomic E-state index is 12.8. The molecule has 3 aromatic carbocycles. The highest BCUT2D eigenvalue weighted by molar-refractivity contribution is 9.10. The Morgan fingerprint density at radius 2 is 1.73 bits per heavy atom. The van der Waals surface area contributed by atoms with E-state index in [2.05, 4.69) is 15.9 Å². The number of rotatable bonds is 6. The van der Waals surface area contributed by atoms with Gasteiger partial charge < -0.3 is 4.18 Å². The quantitative estimate of drug-likeness (QED) is 0.266. The fourth-order valence-corrected chi connectivity index (χ4v) is 5.31. The fourth-order valence-electron chi connectivity index (χ4n) is 3.02. The molecular formula is C23H15BrClNO5S2. The second-order valence-corrected chi connectivity index (χ2v) is 10.8. The molecule has 3 aromatic rings. The van der Waals surface area contributed by atoms with E-state index in [-0.39, 0.29) is 27.3 Å². The monoisotopic (exact) mass is 563 g/mol. The van der Waals surface area contributed by atoms with Crippen LogP contribution in [0.4, 0.5) is 4.79 Å². The van der Waals surface area contributed by atoms with Crippen molar-refractivity contribution in [3.05, 3.63) is 98.3 Å². The van der Waals surface area contributed by atoms with Gasteiger partial charge in [0.2, 0.25) is 0 Å². The molecule has 1 aliphatic heterocycles. The first-order valence-electron chi connectivity index (χ1n) is 9.52. The molecule has 0 unspecified atom stereocenters. The van der Waals surface area contributed by atoms with Gasteiger partial charge in [0.25, 0.3) is 11.1 Å². The van der Waals surface area contributed by atoms with Crippen LogP contribution in [0, 0.1) is 0 Å². The number of carbonyl (C=O) groups is 2. The van der Waals surface area contributed by atoms with E-state index in [1.165, 1.54) is 47.4 Å². The molecule has 10 heteroatoms. The van der Waals surface area contributed by atoms with Gasteiger partial charge >= 0.3 is 10.1 Å². The van der Waals surface area contributed by atoms with Crippen LogP contribution in [-0.4, -0.2) is 24.5 Å². The van der Waals surface area contributed by atoms with Crippen LogP contribution in [0.25, 0.3) is 6.08 Å². The van der Waals surface area contributed by atoms with Crippen molar-refractivity contribution >= 4 is 66.6 Å². The Kier molecular flexibility index (Phi) is 6.94. The van der Waals surface area contributed by atoms with Crippen molar-refractivity contribution < 1.29 is 22.2 Å². The highest BCUT2D eigenvalue weighted by Gasteiger charge is 2.35. The van der Waals surface area contributed by atoms with E-state index in [1.807, 2.05) is 24.3 Å². The van der Waals surface area contributed by atoms with Gasteiger partial charge in [0.15, 0.2) is 0 Å². The van der Waals surface area contributed by atoms with Gasteiger partial charge in [0.05, 0.1) is 11.4 Å². The zero-order chi connectivity index (χ0) is 23.6. The van der Waals surface area contributed by atoms with Gasteiger partial charge in [-0.05, 0) is 71.4 Å². The number of hydrogen-bond donors (Lipinski definition) is 0. The Morgan fingerprint density at radius 1 is 1.00 bits per heavy atom. The number of thioether (sulfide) groups is 1. The first-order chi connectivity index (χ1) is 15.7. The maximum atomic E-state index is 12.8. The lowest BCUT2D eigenvalue weighted by atomic mass is 10.2. The number of nitrogens with zero attached hydrogens (tertiary/aromatic N) is 1. The van der Waals surface area contributed by atoms with Crippen LogP contribution < -0.4 is 4.18 Å². The van der Waals surface area contributed by atoms with E-state index in [4.69, 9.17) is 15.8 Å². The Balaban J connectivity index is 1.53. The third kappa shape index (κ3) is 5.50. The summed E-state index contributed by atoms with van der Waals surface area (Å²) in [5.74, 6) is -0.341. The molecular weight excluding hydrogens is 550 g/mol. The molecule has 1 fully saturated rings. The molecule has 0 aliphatic carbocycles. The molecule has 6 nitrogen and oxygen atoms in total. The van der Waals surface area contributed by atoms with Crippen LogP contribution in [0.2, 0.25) is 5.02 Å².